The van der Waals surface area contributed by atoms with Crippen LogP contribution in [0.1, 0.15) is 37.8 Å². The summed E-state index contributed by atoms with van der Waals surface area (Å²) in [5.74, 6) is -3.13. The summed E-state index contributed by atoms with van der Waals surface area (Å²) >= 11 is 3.26. The number of nitrogens with one attached hydrogen (secondary N) is 1. The minimum atomic E-state index is -0.814. The molecule has 3 amide bonds. The second-order valence-electron chi connectivity index (χ2n) is 12.7. The van der Waals surface area contributed by atoms with E-state index in [1.165, 1.54) is 12.1 Å². The van der Waals surface area contributed by atoms with Gasteiger partial charge in [-0.15, -0.1) is 0 Å². The molecule has 13 heteroatoms. The van der Waals surface area contributed by atoms with E-state index in [2.05, 4.69) is 15.9 Å². The summed E-state index contributed by atoms with van der Waals surface area (Å²) in [4.78, 5) is 48.4. The van der Waals surface area contributed by atoms with Gasteiger partial charge in [0.05, 0.1) is 21.5 Å². The summed E-state index contributed by atoms with van der Waals surface area (Å²) in [5.41, 5.74) is 4.98. The molecule has 0 unspecified atom stereocenters. The Balaban J connectivity index is 0.000000283. The SMILES string of the molecule is CCC(Br)(CC)C(=O)NC(N)=O.Cc1cc(=O)c2c(O)c3c(O)cc(O)c4c5c(O)cc(O)c6c(O)c7c(=O)cc(C)c8c1c2c(c34)c(c65)c78. The highest BCUT2D eigenvalue weighted by atomic mass is 79.9. The number of amides is 3. The van der Waals surface area contributed by atoms with Crippen LogP contribution in [0, 0.1) is 13.8 Å². The summed E-state index contributed by atoms with van der Waals surface area (Å²) < 4.78 is -0.665. The summed E-state index contributed by atoms with van der Waals surface area (Å²) in [6.07, 6.45) is 1.23. The zero-order valence-corrected chi connectivity index (χ0v) is 28.6. The van der Waals surface area contributed by atoms with Gasteiger partial charge in [0.15, 0.2) is 10.9 Å². The number of nitrogens with two attached hydrogens (primary N) is 1. The molecule has 0 aliphatic carbocycles. The summed E-state index contributed by atoms with van der Waals surface area (Å²) in [6, 6.07) is 3.96. The minimum absolute atomic E-state index is 0.0431. The third-order valence-electron chi connectivity index (χ3n) is 10.0. The number of phenols is 6. The van der Waals surface area contributed by atoms with Gasteiger partial charge in [-0.3, -0.25) is 19.7 Å². The maximum atomic E-state index is 13.4. The Hall–Kier alpha value is -5.82. The molecule has 8 aromatic rings. The number of aryl methyl sites for hydroxylation is 2. The fourth-order valence-corrected chi connectivity index (χ4v) is 7.88. The topological polar surface area (TPSA) is 228 Å². The highest BCUT2D eigenvalue weighted by molar-refractivity contribution is 9.10. The highest BCUT2D eigenvalue weighted by Gasteiger charge is 2.34. The molecule has 254 valence electrons. The number of primary amides is 1. The number of halogens is 1. The summed E-state index contributed by atoms with van der Waals surface area (Å²) in [6.45, 7) is 7.19. The van der Waals surface area contributed by atoms with Gasteiger partial charge in [0.2, 0.25) is 5.91 Å². The van der Waals surface area contributed by atoms with Gasteiger partial charge in [0, 0.05) is 55.2 Å². The average molecular weight is 742 g/mol. The van der Waals surface area contributed by atoms with Crippen molar-refractivity contribution in [3.8, 4) is 34.5 Å². The number of alkyl halides is 1. The number of imide groups is 1. The number of urea groups is 1. The van der Waals surface area contributed by atoms with Crippen molar-refractivity contribution >= 4 is 103 Å². The molecule has 0 spiro atoms. The molecule has 50 heavy (non-hydrogen) atoms. The van der Waals surface area contributed by atoms with Gasteiger partial charge in [-0.1, -0.05) is 29.8 Å². The van der Waals surface area contributed by atoms with Gasteiger partial charge in [-0.05, 0) is 60.7 Å². The lowest BCUT2D eigenvalue weighted by atomic mass is 9.78. The molecule has 0 bridgehead atoms. The van der Waals surface area contributed by atoms with Crippen molar-refractivity contribution in [1.82, 2.24) is 5.32 Å². The number of fused-ring (bicyclic) bond motifs is 2. The molecule has 0 radical (unpaired) electrons. The van der Waals surface area contributed by atoms with E-state index >= 15 is 0 Å². The molecule has 8 aromatic carbocycles. The largest absolute Gasteiger partial charge is 0.507 e. The predicted octanol–water partition coefficient (Wildman–Crippen LogP) is 6.22. The Morgan fingerprint density at radius 3 is 1.24 bits per heavy atom. The Morgan fingerprint density at radius 1 is 0.580 bits per heavy atom. The Morgan fingerprint density at radius 2 is 0.900 bits per heavy atom. The maximum absolute atomic E-state index is 13.4. The van der Waals surface area contributed by atoms with Gasteiger partial charge in [0.25, 0.3) is 0 Å². The van der Waals surface area contributed by atoms with Crippen molar-refractivity contribution in [2.75, 3.05) is 0 Å². The van der Waals surface area contributed by atoms with E-state index in [9.17, 15) is 49.8 Å². The second kappa shape index (κ2) is 10.6. The van der Waals surface area contributed by atoms with Crippen molar-refractivity contribution in [1.29, 1.82) is 0 Å². The molecule has 0 aromatic heterocycles. The lowest BCUT2D eigenvalue weighted by Crippen LogP contribution is -2.46. The van der Waals surface area contributed by atoms with Gasteiger partial charge in [-0.25, -0.2) is 4.79 Å². The lowest BCUT2D eigenvalue weighted by molar-refractivity contribution is -0.122. The molecule has 12 nitrogen and oxygen atoms in total. The average Bonchev–Trinajstić information content (AvgIpc) is 3.03. The zero-order chi connectivity index (χ0) is 36.5. The second-order valence-corrected chi connectivity index (χ2v) is 14.2. The van der Waals surface area contributed by atoms with E-state index < -0.39 is 55.7 Å². The summed E-state index contributed by atoms with van der Waals surface area (Å²) in [7, 11) is 0. The molecule has 0 saturated heterocycles. The molecule has 0 aliphatic heterocycles. The van der Waals surface area contributed by atoms with E-state index in [0.29, 0.717) is 56.3 Å². The van der Waals surface area contributed by atoms with Crippen LogP contribution in [-0.4, -0.2) is 46.9 Å². The standard InChI is InChI=1S/C30H16O8.C7H13BrN2O2/c1-7-3-9(31)19-23-15(7)16-8(2)4-10(32)20-24(16)28-26-18(12(34)6-14(36)22(26)30(20)38)17-11(33)5-13(35)21(29(19)37)25(17)27(23)28;1-3-7(8,4-2)5(11)10-6(9)12/h3-6,33-38H,1-2H3;3-4H2,1-2H3,(H3,9,10,11,12). The molecule has 0 atom stereocenters. The highest BCUT2D eigenvalue weighted by Crippen LogP contribution is 2.60. The predicted molar refractivity (Wildman–Crippen MR) is 196 cm³/mol. The van der Waals surface area contributed by atoms with Crippen LogP contribution in [0.5, 0.6) is 34.5 Å². The number of hydrogen-bond donors (Lipinski definition) is 8. The van der Waals surface area contributed by atoms with Crippen LogP contribution in [0.25, 0.3) is 75.4 Å². The summed E-state index contributed by atoms with van der Waals surface area (Å²) in [5, 5.41) is 71.7. The Labute approximate surface area is 289 Å². The number of carbonyl (C=O) groups excluding carboxylic acids is 2. The first-order valence-electron chi connectivity index (χ1n) is 15.6. The van der Waals surface area contributed by atoms with Crippen LogP contribution >= 0.6 is 15.9 Å². The quantitative estimate of drug-likeness (QED) is 0.0580. The van der Waals surface area contributed by atoms with Crippen LogP contribution < -0.4 is 21.9 Å². The van der Waals surface area contributed by atoms with Crippen LogP contribution in [0.3, 0.4) is 0 Å². The number of benzene rings is 8. The van der Waals surface area contributed by atoms with Crippen molar-refractivity contribution in [3.05, 3.63) is 55.8 Å². The van der Waals surface area contributed by atoms with Gasteiger partial charge < -0.3 is 36.4 Å². The zero-order valence-electron chi connectivity index (χ0n) is 27.0. The number of phenolic OH excluding ortho intramolecular Hbond substituents is 6. The molecule has 0 saturated carbocycles. The lowest BCUT2D eigenvalue weighted by Gasteiger charge is -2.25. The number of carbonyl (C=O) groups is 2. The van der Waals surface area contributed by atoms with E-state index in [-0.39, 0.29) is 49.0 Å². The monoisotopic (exact) mass is 740 g/mol. The molecular weight excluding hydrogens is 712 g/mol. The molecule has 0 aliphatic rings. The molecule has 9 N–H and O–H groups in total. The van der Waals surface area contributed by atoms with Crippen molar-refractivity contribution < 1.29 is 40.2 Å². The number of aromatic hydroxyl groups is 6. The first-order valence-corrected chi connectivity index (χ1v) is 16.4. The first kappa shape index (κ1) is 32.7. The Kier molecular flexibility index (Phi) is 6.93. The number of rotatable bonds is 3. The third kappa shape index (κ3) is 3.97. The fourth-order valence-electron chi connectivity index (χ4n) is 7.78. The van der Waals surface area contributed by atoms with Crippen LogP contribution in [0.2, 0.25) is 0 Å². The van der Waals surface area contributed by atoms with E-state index in [0.717, 1.165) is 12.1 Å². The van der Waals surface area contributed by atoms with Crippen LogP contribution in [-0.2, 0) is 4.79 Å². The number of hydrogen-bond acceptors (Lipinski definition) is 10. The fraction of sp³-hybridized carbons (Fsp3) is 0.189. The molecule has 0 heterocycles. The van der Waals surface area contributed by atoms with Gasteiger partial charge in [-0.2, -0.15) is 0 Å². The normalized spacial score (nSPS) is 12.3. The van der Waals surface area contributed by atoms with E-state index in [4.69, 9.17) is 5.73 Å². The van der Waals surface area contributed by atoms with Crippen molar-refractivity contribution in [2.24, 2.45) is 5.73 Å². The van der Waals surface area contributed by atoms with Crippen molar-refractivity contribution in [3.63, 3.8) is 0 Å². The first-order chi connectivity index (χ1) is 23.5. The third-order valence-corrected chi connectivity index (χ3v) is 11.5. The van der Waals surface area contributed by atoms with Crippen LogP contribution in [0.15, 0.2) is 33.9 Å². The minimum Gasteiger partial charge on any atom is -0.507 e. The van der Waals surface area contributed by atoms with Gasteiger partial charge >= 0.3 is 6.03 Å². The van der Waals surface area contributed by atoms with Crippen LogP contribution in [0.4, 0.5) is 4.79 Å². The molecular formula is C37H29BrN2O10. The van der Waals surface area contributed by atoms with Crippen molar-refractivity contribution in [2.45, 2.75) is 44.9 Å². The van der Waals surface area contributed by atoms with Gasteiger partial charge in [0.1, 0.15) is 38.8 Å². The molecule has 8 rings (SSSR count). The maximum Gasteiger partial charge on any atom is 0.318 e. The smallest absolute Gasteiger partial charge is 0.318 e. The Bertz CT molecular complexity index is 2730. The van der Waals surface area contributed by atoms with E-state index in [1.807, 2.05) is 19.2 Å². The van der Waals surface area contributed by atoms with E-state index in [1.54, 1.807) is 13.8 Å². The molecule has 0 fully saturated rings.